The average molecular weight is 288 g/mol. The molecule has 1 aromatic rings. The Morgan fingerprint density at radius 1 is 1.47 bits per heavy atom. The van der Waals surface area contributed by atoms with Crippen LogP contribution in [0, 0.1) is 4.77 Å². The summed E-state index contributed by atoms with van der Waals surface area (Å²) in [6.45, 7) is 1.40. The van der Waals surface area contributed by atoms with Gasteiger partial charge < -0.3 is 20.1 Å². The molecule has 0 radical (unpaired) electrons. The second kappa shape index (κ2) is 5.51. The van der Waals surface area contributed by atoms with Crippen LogP contribution >= 0.6 is 12.2 Å². The highest BCUT2D eigenvalue weighted by Crippen LogP contribution is 2.29. The van der Waals surface area contributed by atoms with Crippen LogP contribution in [0.5, 0.6) is 0 Å². The zero-order chi connectivity index (χ0) is 14.2. The first kappa shape index (κ1) is 14.4. The molecule has 0 spiro atoms. The van der Waals surface area contributed by atoms with Crippen LogP contribution in [0.15, 0.2) is 11.0 Å². The number of aryl methyl sites for hydroxylation is 1. The van der Waals surface area contributed by atoms with Crippen LogP contribution in [0.4, 0.5) is 0 Å². The summed E-state index contributed by atoms with van der Waals surface area (Å²) in [4.78, 5) is 14.1. The Labute approximate surface area is 114 Å². The van der Waals surface area contributed by atoms with Gasteiger partial charge in [0.15, 0.2) is 11.0 Å². The first-order chi connectivity index (χ1) is 8.99. The quantitative estimate of drug-likeness (QED) is 0.536. The Balaban J connectivity index is 2.43. The van der Waals surface area contributed by atoms with Gasteiger partial charge >= 0.3 is 0 Å². The predicted molar refractivity (Wildman–Crippen MR) is 68.3 cm³/mol. The topological polar surface area (TPSA) is 108 Å². The Bertz CT molecular complexity index is 569. The fourth-order valence-corrected chi connectivity index (χ4v) is 2.33. The van der Waals surface area contributed by atoms with E-state index in [9.17, 15) is 15.0 Å². The highest BCUT2D eigenvalue weighted by atomic mass is 32.1. The summed E-state index contributed by atoms with van der Waals surface area (Å²) in [6, 6.07) is 0. The average Bonchev–Trinajstić information content (AvgIpc) is 2.67. The van der Waals surface area contributed by atoms with E-state index in [1.807, 2.05) is 6.92 Å². The minimum Gasteiger partial charge on any atom is -0.394 e. The van der Waals surface area contributed by atoms with Crippen LogP contribution in [-0.2, 0) is 11.2 Å². The van der Waals surface area contributed by atoms with Gasteiger partial charge in [-0.05, 0) is 18.6 Å². The van der Waals surface area contributed by atoms with E-state index in [-0.39, 0.29) is 10.3 Å². The van der Waals surface area contributed by atoms with Crippen LogP contribution in [0.25, 0.3) is 0 Å². The maximum atomic E-state index is 11.6. The van der Waals surface area contributed by atoms with E-state index in [1.165, 1.54) is 10.8 Å². The van der Waals surface area contributed by atoms with Gasteiger partial charge in [-0.15, -0.1) is 0 Å². The molecule has 8 heteroatoms. The zero-order valence-electron chi connectivity index (χ0n) is 10.3. The molecule has 4 N–H and O–H groups in total. The van der Waals surface area contributed by atoms with Crippen molar-refractivity contribution in [2.24, 2.45) is 0 Å². The first-order valence-corrected chi connectivity index (χ1v) is 6.37. The molecule has 0 amide bonds. The smallest absolute Gasteiger partial charge is 0.254 e. The molecule has 0 aromatic carbocycles. The highest BCUT2D eigenvalue weighted by molar-refractivity contribution is 7.71. The van der Waals surface area contributed by atoms with Crippen LogP contribution in [-0.4, -0.2) is 49.8 Å². The molecule has 0 aliphatic carbocycles. The van der Waals surface area contributed by atoms with Gasteiger partial charge in [0, 0.05) is 11.8 Å². The van der Waals surface area contributed by atoms with Crippen molar-refractivity contribution in [3.63, 3.8) is 0 Å². The van der Waals surface area contributed by atoms with Crippen molar-refractivity contribution >= 4 is 12.2 Å². The minimum absolute atomic E-state index is 0.0945. The van der Waals surface area contributed by atoms with Crippen LogP contribution in [0.2, 0.25) is 0 Å². The Kier molecular flexibility index (Phi) is 4.16. The molecule has 2 heterocycles. The number of aliphatic hydroxyl groups excluding tert-OH is 3. The van der Waals surface area contributed by atoms with E-state index < -0.39 is 31.1 Å². The van der Waals surface area contributed by atoms with Gasteiger partial charge in [-0.25, -0.2) is 0 Å². The summed E-state index contributed by atoms with van der Waals surface area (Å²) in [5, 5.41) is 28.7. The summed E-state index contributed by atoms with van der Waals surface area (Å²) in [7, 11) is 0. The standard InChI is InChI=1S/C11H16N2O5S/c1-2-5-3-13(11(19)12-9(5)17)10-8(16)7(15)6(4-14)18-10/h3,6-8,10,14-16H,2,4H2,1H3,(H,12,17,19)/t6-,7-,8+,10-/m1/s1. The van der Waals surface area contributed by atoms with Crippen molar-refractivity contribution < 1.29 is 20.1 Å². The molecule has 0 bridgehead atoms. The third-order valence-corrected chi connectivity index (χ3v) is 3.53. The molecule has 0 saturated carbocycles. The molecule has 2 rings (SSSR count). The van der Waals surface area contributed by atoms with Crippen molar-refractivity contribution in [1.82, 2.24) is 9.55 Å². The largest absolute Gasteiger partial charge is 0.394 e. The van der Waals surface area contributed by atoms with Crippen molar-refractivity contribution in [2.75, 3.05) is 6.61 Å². The molecule has 0 unspecified atom stereocenters. The molecule has 1 aliphatic rings. The van der Waals surface area contributed by atoms with E-state index >= 15 is 0 Å². The number of nitrogens with one attached hydrogen (secondary N) is 1. The van der Waals surface area contributed by atoms with Gasteiger partial charge in [-0.1, -0.05) is 6.92 Å². The molecule has 7 nitrogen and oxygen atoms in total. The molecular formula is C11H16N2O5S. The molecule has 1 aromatic heterocycles. The number of ether oxygens (including phenoxy) is 1. The van der Waals surface area contributed by atoms with E-state index in [1.54, 1.807) is 0 Å². The second-order valence-electron chi connectivity index (χ2n) is 4.40. The van der Waals surface area contributed by atoms with Crippen LogP contribution in [0.1, 0.15) is 18.7 Å². The van der Waals surface area contributed by atoms with Gasteiger partial charge in [0.1, 0.15) is 18.3 Å². The number of hydrogen-bond donors (Lipinski definition) is 4. The number of aromatic nitrogens is 2. The van der Waals surface area contributed by atoms with Crippen LogP contribution < -0.4 is 5.56 Å². The summed E-state index contributed by atoms with van der Waals surface area (Å²) in [6.07, 6.45) is -2.23. The summed E-state index contributed by atoms with van der Waals surface area (Å²) in [5.74, 6) is 0. The number of rotatable bonds is 3. The molecule has 106 valence electrons. The Morgan fingerprint density at radius 2 is 2.16 bits per heavy atom. The zero-order valence-corrected chi connectivity index (χ0v) is 11.1. The number of nitrogens with zero attached hydrogens (tertiary/aromatic N) is 1. The molecule has 19 heavy (non-hydrogen) atoms. The van der Waals surface area contributed by atoms with Gasteiger partial charge in [0.05, 0.1) is 6.61 Å². The number of aliphatic hydroxyl groups is 3. The third-order valence-electron chi connectivity index (χ3n) is 3.21. The lowest BCUT2D eigenvalue weighted by Gasteiger charge is -2.19. The summed E-state index contributed by atoms with van der Waals surface area (Å²) in [5.41, 5.74) is 0.210. The second-order valence-corrected chi connectivity index (χ2v) is 4.79. The van der Waals surface area contributed by atoms with Crippen molar-refractivity contribution in [3.05, 3.63) is 26.9 Å². The Hall–Kier alpha value is -1.06. The predicted octanol–water partition coefficient (Wildman–Crippen LogP) is -0.920. The lowest BCUT2D eigenvalue weighted by atomic mass is 10.1. The highest BCUT2D eigenvalue weighted by Gasteiger charge is 2.43. The van der Waals surface area contributed by atoms with E-state index in [0.29, 0.717) is 12.0 Å². The SMILES string of the molecule is CCc1cn([C@@H]2O[C@H](CO)[C@@H](O)[C@@H]2O)c(=S)[nH]c1=O. The fourth-order valence-electron chi connectivity index (χ4n) is 2.08. The number of aromatic amines is 1. The number of H-pyrrole nitrogens is 1. The van der Waals surface area contributed by atoms with Crippen molar-refractivity contribution in [1.29, 1.82) is 0 Å². The Morgan fingerprint density at radius 3 is 2.68 bits per heavy atom. The lowest BCUT2D eigenvalue weighted by molar-refractivity contribution is -0.0542. The maximum absolute atomic E-state index is 11.6. The third kappa shape index (κ3) is 2.49. The van der Waals surface area contributed by atoms with Gasteiger partial charge in [-0.3, -0.25) is 14.3 Å². The summed E-state index contributed by atoms with van der Waals surface area (Å²) < 4.78 is 6.85. The van der Waals surface area contributed by atoms with Crippen molar-refractivity contribution in [3.8, 4) is 0 Å². The summed E-state index contributed by atoms with van der Waals surface area (Å²) >= 11 is 5.02. The lowest BCUT2D eigenvalue weighted by Crippen LogP contribution is -2.33. The van der Waals surface area contributed by atoms with Crippen LogP contribution in [0.3, 0.4) is 0 Å². The van der Waals surface area contributed by atoms with E-state index in [0.717, 1.165) is 0 Å². The van der Waals surface area contributed by atoms with E-state index in [4.69, 9.17) is 22.1 Å². The molecular weight excluding hydrogens is 272 g/mol. The fraction of sp³-hybridized carbons (Fsp3) is 0.636. The number of hydrogen-bond acceptors (Lipinski definition) is 6. The van der Waals surface area contributed by atoms with Crippen molar-refractivity contribution in [2.45, 2.75) is 37.9 Å². The maximum Gasteiger partial charge on any atom is 0.254 e. The molecule has 4 atom stereocenters. The first-order valence-electron chi connectivity index (χ1n) is 5.96. The molecule has 1 aliphatic heterocycles. The molecule has 1 saturated heterocycles. The monoisotopic (exact) mass is 288 g/mol. The van der Waals surface area contributed by atoms with Gasteiger partial charge in [-0.2, -0.15) is 0 Å². The molecule has 1 fully saturated rings. The van der Waals surface area contributed by atoms with Gasteiger partial charge in [0.2, 0.25) is 0 Å². The minimum atomic E-state index is -1.22. The normalized spacial score (nSPS) is 30.7. The van der Waals surface area contributed by atoms with Gasteiger partial charge in [0.25, 0.3) is 5.56 Å². The van der Waals surface area contributed by atoms with E-state index in [2.05, 4.69) is 4.98 Å².